The fraction of sp³-hybridized carbons (Fsp3) is 0.294. The van der Waals surface area contributed by atoms with E-state index in [2.05, 4.69) is 31.9 Å². The normalized spacial score (nSPS) is 18.7. The first kappa shape index (κ1) is 20.9. The lowest BCUT2D eigenvalue weighted by molar-refractivity contribution is -0.115. The Kier molecular flexibility index (Phi) is 7.25. The number of hydrogen-bond donors (Lipinski definition) is 0. The fourth-order valence-electron chi connectivity index (χ4n) is 1.99. The summed E-state index contributed by atoms with van der Waals surface area (Å²) in [6.45, 7) is 6.99. The first-order valence-electron chi connectivity index (χ1n) is 6.98. The minimum absolute atomic E-state index is 0.00463. The van der Waals surface area contributed by atoms with Gasteiger partial charge < -0.3 is 0 Å². The molecule has 0 saturated heterocycles. The third-order valence-corrected chi connectivity index (χ3v) is 5.35. The Bertz CT molecular complexity index is 743. The Balaban J connectivity index is 0.000000254. The standard InChI is InChI=1S/C10H10Br2O2.C7H5ClO2/c1-4(2)6-8(12)9(13)5(3)7(11)10(6)14;1-4-2-5(9)3-6(8)7(4)10/h4H,1-3H3;2-3H,1H3. The molecule has 0 spiro atoms. The zero-order valence-corrected chi connectivity index (χ0v) is 17.4. The molecule has 4 nitrogen and oxygen atoms in total. The van der Waals surface area contributed by atoms with Crippen LogP contribution in [-0.4, -0.2) is 23.1 Å². The van der Waals surface area contributed by atoms with Crippen LogP contribution in [0.5, 0.6) is 0 Å². The summed E-state index contributed by atoms with van der Waals surface area (Å²) in [7, 11) is 0. The second-order valence-corrected chi connectivity index (χ2v) is 7.52. The SMILES string of the molecule is CC1=C(Br)C(=O)C(C(C)C)=C(Br)C1=O.CC1=CC(=O)C=C(Cl)C1=O. The van der Waals surface area contributed by atoms with Crippen LogP contribution in [0, 0.1) is 5.92 Å². The van der Waals surface area contributed by atoms with Crippen molar-refractivity contribution in [2.45, 2.75) is 27.7 Å². The maximum Gasteiger partial charge on any atom is 0.200 e. The summed E-state index contributed by atoms with van der Waals surface area (Å²) in [5.74, 6) is -0.644. The molecule has 2 rings (SSSR count). The van der Waals surface area contributed by atoms with Gasteiger partial charge in [-0.25, -0.2) is 0 Å². The first-order chi connectivity index (χ1) is 11.0. The molecule has 0 amide bonds. The highest BCUT2D eigenvalue weighted by molar-refractivity contribution is 9.12. The molecule has 0 heterocycles. The van der Waals surface area contributed by atoms with E-state index in [0.29, 0.717) is 25.7 Å². The summed E-state index contributed by atoms with van der Waals surface area (Å²) in [4.78, 5) is 44.9. The van der Waals surface area contributed by atoms with Gasteiger partial charge in [-0.05, 0) is 57.7 Å². The van der Waals surface area contributed by atoms with Gasteiger partial charge in [-0.2, -0.15) is 0 Å². The number of carbonyl (C=O) groups excluding carboxylic acids is 4. The number of ketones is 4. The summed E-state index contributed by atoms with van der Waals surface area (Å²) in [6.07, 6.45) is 2.39. The van der Waals surface area contributed by atoms with E-state index in [1.807, 2.05) is 13.8 Å². The zero-order valence-electron chi connectivity index (χ0n) is 13.5. The van der Waals surface area contributed by atoms with Gasteiger partial charge in [0.1, 0.15) is 0 Å². The van der Waals surface area contributed by atoms with Gasteiger partial charge in [0.2, 0.25) is 0 Å². The molecule has 2 aliphatic rings. The van der Waals surface area contributed by atoms with E-state index in [0.717, 1.165) is 6.08 Å². The number of hydrogen-bond acceptors (Lipinski definition) is 4. The lowest BCUT2D eigenvalue weighted by Gasteiger charge is -2.18. The van der Waals surface area contributed by atoms with Gasteiger partial charge in [-0.3, -0.25) is 19.2 Å². The van der Waals surface area contributed by atoms with Gasteiger partial charge >= 0.3 is 0 Å². The van der Waals surface area contributed by atoms with Gasteiger partial charge in [0, 0.05) is 22.8 Å². The molecule has 0 aromatic carbocycles. The topological polar surface area (TPSA) is 68.3 Å². The quantitative estimate of drug-likeness (QED) is 0.527. The molecule has 24 heavy (non-hydrogen) atoms. The van der Waals surface area contributed by atoms with Crippen molar-refractivity contribution in [3.8, 4) is 0 Å². The van der Waals surface area contributed by atoms with Crippen molar-refractivity contribution >= 4 is 66.6 Å². The second kappa shape index (κ2) is 8.32. The van der Waals surface area contributed by atoms with Crippen LogP contribution < -0.4 is 0 Å². The molecule has 0 aliphatic heterocycles. The van der Waals surface area contributed by atoms with Crippen LogP contribution in [0.25, 0.3) is 0 Å². The van der Waals surface area contributed by atoms with Crippen molar-refractivity contribution in [2.75, 3.05) is 0 Å². The van der Waals surface area contributed by atoms with Gasteiger partial charge in [-0.1, -0.05) is 25.4 Å². The number of Topliss-reactive ketones (excluding diaryl/α,β-unsaturated/α-hetero) is 3. The van der Waals surface area contributed by atoms with Crippen LogP contribution in [0.1, 0.15) is 27.7 Å². The predicted octanol–water partition coefficient (Wildman–Crippen LogP) is 4.32. The summed E-state index contributed by atoms with van der Waals surface area (Å²) in [6, 6.07) is 0. The molecule has 0 aromatic heterocycles. The molecule has 0 fully saturated rings. The van der Waals surface area contributed by atoms with E-state index >= 15 is 0 Å². The summed E-state index contributed by atoms with van der Waals surface area (Å²) in [5, 5.41) is 0.00463. The van der Waals surface area contributed by atoms with Gasteiger partial charge in [0.15, 0.2) is 23.1 Å². The van der Waals surface area contributed by atoms with Crippen molar-refractivity contribution in [1.82, 2.24) is 0 Å². The van der Waals surface area contributed by atoms with Crippen molar-refractivity contribution in [3.05, 3.63) is 42.9 Å². The second-order valence-electron chi connectivity index (χ2n) is 5.53. The van der Waals surface area contributed by atoms with Gasteiger partial charge in [0.25, 0.3) is 0 Å². The molecule has 0 radical (unpaired) electrons. The number of halogens is 3. The highest BCUT2D eigenvalue weighted by atomic mass is 79.9. The Morgan fingerprint density at radius 3 is 1.88 bits per heavy atom. The molecule has 0 aromatic rings. The smallest absolute Gasteiger partial charge is 0.200 e. The minimum Gasteiger partial charge on any atom is -0.290 e. The third-order valence-electron chi connectivity index (χ3n) is 3.33. The molecule has 0 N–H and O–H groups in total. The monoisotopic (exact) mass is 476 g/mol. The van der Waals surface area contributed by atoms with Crippen LogP contribution in [0.4, 0.5) is 0 Å². The molecular weight excluding hydrogens is 463 g/mol. The maximum absolute atomic E-state index is 11.8. The van der Waals surface area contributed by atoms with Crippen LogP contribution in [-0.2, 0) is 19.2 Å². The summed E-state index contributed by atoms with van der Waals surface area (Å²) >= 11 is 11.7. The largest absolute Gasteiger partial charge is 0.290 e. The van der Waals surface area contributed by atoms with Crippen LogP contribution in [0.3, 0.4) is 0 Å². The Morgan fingerprint density at radius 2 is 1.42 bits per heavy atom. The van der Waals surface area contributed by atoms with Crippen LogP contribution in [0.15, 0.2) is 42.9 Å². The molecule has 7 heteroatoms. The number of allylic oxidation sites excluding steroid dienone is 8. The highest BCUT2D eigenvalue weighted by Gasteiger charge is 2.31. The minimum atomic E-state index is -0.263. The van der Waals surface area contributed by atoms with E-state index in [1.165, 1.54) is 6.08 Å². The Hall–Kier alpha value is -1.11. The Labute approximate surface area is 161 Å². The van der Waals surface area contributed by atoms with E-state index < -0.39 is 0 Å². The Morgan fingerprint density at radius 1 is 0.875 bits per heavy atom. The third kappa shape index (κ3) is 4.49. The zero-order chi connectivity index (χ0) is 18.8. The molecule has 128 valence electrons. The van der Waals surface area contributed by atoms with Crippen molar-refractivity contribution in [2.24, 2.45) is 5.92 Å². The lowest BCUT2D eigenvalue weighted by atomic mass is 9.91. The van der Waals surface area contributed by atoms with Gasteiger partial charge in [-0.15, -0.1) is 0 Å². The van der Waals surface area contributed by atoms with E-state index in [1.54, 1.807) is 13.8 Å². The van der Waals surface area contributed by atoms with E-state index in [9.17, 15) is 19.2 Å². The molecule has 0 atom stereocenters. The summed E-state index contributed by atoms with van der Waals surface area (Å²) in [5.41, 5.74) is 1.41. The van der Waals surface area contributed by atoms with E-state index in [4.69, 9.17) is 11.6 Å². The van der Waals surface area contributed by atoms with Gasteiger partial charge in [0.05, 0.1) is 14.0 Å². The summed E-state index contributed by atoms with van der Waals surface area (Å²) < 4.78 is 0.785. The number of carbonyl (C=O) groups is 4. The predicted molar refractivity (Wildman–Crippen MR) is 100 cm³/mol. The number of rotatable bonds is 1. The van der Waals surface area contributed by atoms with Crippen LogP contribution >= 0.6 is 43.5 Å². The fourth-order valence-corrected chi connectivity index (χ4v) is 3.58. The molecule has 0 unspecified atom stereocenters. The highest BCUT2D eigenvalue weighted by Crippen LogP contribution is 2.34. The van der Waals surface area contributed by atoms with Crippen molar-refractivity contribution in [1.29, 1.82) is 0 Å². The molecular formula is C17H15Br2ClO4. The van der Waals surface area contributed by atoms with Crippen molar-refractivity contribution in [3.63, 3.8) is 0 Å². The van der Waals surface area contributed by atoms with Crippen molar-refractivity contribution < 1.29 is 19.2 Å². The maximum atomic E-state index is 11.8. The molecule has 0 saturated carbocycles. The lowest BCUT2D eigenvalue weighted by Crippen LogP contribution is -2.21. The average molecular weight is 479 g/mol. The first-order valence-corrected chi connectivity index (χ1v) is 8.95. The molecule has 2 aliphatic carbocycles. The van der Waals surface area contributed by atoms with Crippen LogP contribution in [0.2, 0.25) is 0 Å². The average Bonchev–Trinajstić information content (AvgIpc) is 2.49. The molecule has 0 bridgehead atoms. The van der Waals surface area contributed by atoms with E-state index in [-0.39, 0.29) is 34.1 Å².